The molecule has 0 atom stereocenters. The highest BCUT2D eigenvalue weighted by molar-refractivity contribution is 5.55. The summed E-state index contributed by atoms with van der Waals surface area (Å²) in [6.45, 7) is 0. The molecule has 0 saturated heterocycles. The van der Waals surface area contributed by atoms with E-state index in [1.54, 1.807) is 19.4 Å². The first-order valence-corrected chi connectivity index (χ1v) is 4.23. The van der Waals surface area contributed by atoms with Crippen LogP contribution in [0.4, 0.5) is 0 Å². The molecule has 2 aromatic rings. The summed E-state index contributed by atoms with van der Waals surface area (Å²) >= 11 is 0. The maximum Gasteiger partial charge on any atom is 0.159 e. The predicted molar refractivity (Wildman–Crippen MR) is 54.0 cm³/mol. The van der Waals surface area contributed by atoms with E-state index in [4.69, 9.17) is 6.11 Å². The lowest BCUT2D eigenvalue weighted by Crippen LogP contribution is -1.87. The SMILES string of the molecule is [2H]c1ccnc(-c2ccc(OC)cc2)n1. The third-order valence-electron chi connectivity index (χ3n) is 1.86. The third-order valence-corrected chi connectivity index (χ3v) is 1.86. The number of hydrogen-bond donors (Lipinski definition) is 0. The van der Waals surface area contributed by atoms with Crippen molar-refractivity contribution in [2.45, 2.75) is 0 Å². The topological polar surface area (TPSA) is 35.0 Å². The van der Waals surface area contributed by atoms with Crippen molar-refractivity contribution in [3.63, 3.8) is 0 Å². The van der Waals surface area contributed by atoms with Gasteiger partial charge in [0.25, 0.3) is 0 Å². The Kier molecular flexibility index (Phi) is 2.07. The van der Waals surface area contributed by atoms with Gasteiger partial charge in [-0.3, -0.25) is 0 Å². The molecule has 0 fully saturated rings. The average molecular weight is 187 g/mol. The second-order valence-electron chi connectivity index (χ2n) is 2.74. The molecule has 0 amide bonds. The molecule has 0 saturated carbocycles. The van der Waals surface area contributed by atoms with Crippen molar-refractivity contribution in [1.29, 1.82) is 0 Å². The van der Waals surface area contributed by atoms with Crippen molar-refractivity contribution >= 4 is 0 Å². The molecule has 0 aliphatic rings. The molecular formula is C11H10N2O. The highest BCUT2D eigenvalue weighted by Gasteiger charge is 1.98. The van der Waals surface area contributed by atoms with Crippen LogP contribution in [0, 0.1) is 0 Å². The summed E-state index contributed by atoms with van der Waals surface area (Å²) in [6, 6.07) is 8.97. The van der Waals surface area contributed by atoms with Crippen LogP contribution in [0.2, 0.25) is 0 Å². The van der Waals surface area contributed by atoms with Gasteiger partial charge in [0.1, 0.15) is 5.75 Å². The summed E-state index contributed by atoms with van der Waals surface area (Å²) in [5.41, 5.74) is 0.880. The first-order valence-electron chi connectivity index (χ1n) is 4.73. The smallest absolute Gasteiger partial charge is 0.159 e. The first kappa shape index (κ1) is 7.50. The second kappa shape index (κ2) is 3.87. The average Bonchev–Trinajstić information content (AvgIpc) is 2.29. The molecule has 14 heavy (non-hydrogen) atoms. The van der Waals surface area contributed by atoms with Gasteiger partial charge in [-0.25, -0.2) is 9.97 Å². The fourth-order valence-corrected chi connectivity index (χ4v) is 1.15. The Morgan fingerprint density at radius 2 is 2.00 bits per heavy atom. The monoisotopic (exact) mass is 187 g/mol. The normalized spacial score (nSPS) is 10.8. The van der Waals surface area contributed by atoms with Gasteiger partial charge in [0.15, 0.2) is 5.82 Å². The van der Waals surface area contributed by atoms with E-state index in [9.17, 15) is 0 Å². The molecule has 0 bridgehead atoms. The van der Waals surface area contributed by atoms with Gasteiger partial charge in [0.05, 0.1) is 8.48 Å². The van der Waals surface area contributed by atoms with Crippen molar-refractivity contribution in [3.05, 3.63) is 42.7 Å². The molecular weight excluding hydrogens is 176 g/mol. The molecule has 2 rings (SSSR count). The lowest BCUT2D eigenvalue weighted by Gasteiger charge is -2.01. The third kappa shape index (κ3) is 1.71. The molecule has 0 spiro atoms. The molecule has 3 heteroatoms. The van der Waals surface area contributed by atoms with Crippen molar-refractivity contribution < 1.29 is 6.11 Å². The quantitative estimate of drug-likeness (QED) is 0.722. The van der Waals surface area contributed by atoms with Crippen LogP contribution in [0.15, 0.2) is 42.7 Å². The summed E-state index contributed by atoms with van der Waals surface area (Å²) in [6.07, 6.45) is 1.80. The Morgan fingerprint density at radius 3 is 2.64 bits per heavy atom. The standard InChI is InChI=1S/C11H10N2O/c1-14-10-5-3-9(4-6-10)11-12-7-2-8-13-11/h2-8H,1H3/i7D. The van der Waals surface area contributed by atoms with Gasteiger partial charge in [0.2, 0.25) is 0 Å². The zero-order chi connectivity index (χ0) is 10.7. The number of ether oxygens (including phenoxy) is 1. The number of benzene rings is 1. The summed E-state index contributed by atoms with van der Waals surface area (Å²) in [4.78, 5) is 8.11. The van der Waals surface area contributed by atoms with Crippen LogP contribution in [-0.4, -0.2) is 17.1 Å². The summed E-state index contributed by atoms with van der Waals surface area (Å²) in [5, 5.41) is 0. The van der Waals surface area contributed by atoms with Crippen molar-refractivity contribution in [3.8, 4) is 17.1 Å². The van der Waals surface area contributed by atoms with Crippen LogP contribution >= 0.6 is 0 Å². The summed E-state index contributed by atoms with van der Waals surface area (Å²) < 4.78 is 12.4. The van der Waals surface area contributed by atoms with Gasteiger partial charge < -0.3 is 4.74 Å². The Balaban J connectivity index is 2.37. The lowest BCUT2D eigenvalue weighted by molar-refractivity contribution is 0.415. The van der Waals surface area contributed by atoms with E-state index in [0.717, 1.165) is 11.3 Å². The van der Waals surface area contributed by atoms with E-state index in [0.29, 0.717) is 5.82 Å². The van der Waals surface area contributed by atoms with E-state index < -0.39 is 0 Å². The molecule has 0 radical (unpaired) electrons. The maximum atomic E-state index is 7.39. The molecule has 3 nitrogen and oxygen atoms in total. The van der Waals surface area contributed by atoms with E-state index in [1.807, 2.05) is 24.3 Å². The molecule has 0 unspecified atom stereocenters. The van der Waals surface area contributed by atoms with Gasteiger partial charge in [-0.1, -0.05) is 0 Å². The van der Waals surface area contributed by atoms with Crippen LogP contribution in [0.1, 0.15) is 1.37 Å². The second-order valence-corrected chi connectivity index (χ2v) is 2.74. The molecule has 1 aromatic heterocycles. The number of rotatable bonds is 2. The van der Waals surface area contributed by atoms with E-state index in [-0.39, 0.29) is 6.17 Å². The predicted octanol–water partition coefficient (Wildman–Crippen LogP) is 2.15. The van der Waals surface area contributed by atoms with Crippen molar-refractivity contribution in [2.24, 2.45) is 0 Å². The largest absolute Gasteiger partial charge is 0.497 e. The molecule has 1 heterocycles. The number of nitrogens with zero attached hydrogens (tertiary/aromatic N) is 2. The minimum absolute atomic E-state index is 0.218. The Morgan fingerprint density at radius 1 is 1.21 bits per heavy atom. The minimum atomic E-state index is 0.218. The zero-order valence-electron chi connectivity index (χ0n) is 8.77. The van der Waals surface area contributed by atoms with Crippen LogP contribution in [0.5, 0.6) is 5.75 Å². The molecule has 70 valence electrons. The molecule has 0 aliphatic heterocycles. The van der Waals surface area contributed by atoms with Gasteiger partial charge in [-0.05, 0) is 30.3 Å². The fraction of sp³-hybridized carbons (Fsp3) is 0.0909. The molecule has 0 aliphatic carbocycles. The Labute approximate surface area is 83.8 Å². The van der Waals surface area contributed by atoms with E-state index in [1.165, 1.54) is 0 Å². The number of hydrogen-bond acceptors (Lipinski definition) is 3. The van der Waals surface area contributed by atoms with Crippen LogP contribution < -0.4 is 4.74 Å². The van der Waals surface area contributed by atoms with E-state index >= 15 is 0 Å². The zero-order valence-corrected chi connectivity index (χ0v) is 7.77. The fourth-order valence-electron chi connectivity index (χ4n) is 1.15. The van der Waals surface area contributed by atoms with Gasteiger partial charge >= 0.3 is 0 Å². The molecule has 0 N–H and O–H groups in total. The number of aromatic nitrogens is 2. The first-order chi connectivity index (χ1) is 7.29. The van der Waals surface area contributed by atoms with E-state index in [2.05, 4.69) is 9.97 Å². The van der Waals surface area contributed by atoms with Crippen molar-refractivity contribution in [2.75, 3.05) is 7.11 Å². The Bertz CT molecular complexity index is 456. The maximum absolute atomic E-state index is 7.39. The van der Waals surface area contributed by atoms with Gasteiger partial charge in [-0.2, -0.15) is 0 Å². The summed E-state index contributed by atoms with van der Waals surface area (Å²) in [5.74, 6) is 1.35. The highest BCUT2D eigenvalue weighted by Crippen LogP contribution is 2.17. The van der Waals surface area contributed by atoms with Gasteiger partial charge in [0, 0.05) is 17.9 Å². The van der Waals surface area contributed by atoms with Crippen LogP contribution in [-0.2, 0) is 0 Å². The van der Waals surface area contributed by atoms with Crippen LogP contribution in [0.25, 0.3) is 11.4 Å². The highest BCUT2D eigenvalue weighted by atomic mass is 16.5. The van der Waals surface area contributed by atoms with Gasteiger partial charge in [-0.15, -0.1) is 0 Å². The van der Waals surface area contributed by atoms with Crippen LogP contribution in [0.3, 0.4) is 0 Å². The molecule has 1 aromatic carbocycles. The number of methoxy groups -OCH3 is 1. The lowest BCUT2D eigenvalue weighted by atomic mass is 10.2. The minimum Gasteiger partial charge on any atom is -0.497 e. The Hall–Kier alpha value is -1.90. The van der Waals surface area contributed by atoms with Crippen molar-refractivity contribution in [1.82, 2.24) is 9.97 Å². The summed E-state index contributed by atoms with van der Waals surface area (Å²) in [7, 11) is 1.62.